The number of aliphatic hydroxyl groups is 1. The number of aromatic hydroxyl groups is 1. The van der Waals surface area contributed by atoms with Gasteiger partial charge in [-0.15, -0.1) is 0 Å². The van der Waals surface area contributed by atoms with E-state index < -0.39 is 17.7 Å². The maximum absolute atomic E-state index is 12.9. The number of hydrogen-bond acceptors (Lipinski definition) is 4. The fourth-order valence-electron chi connectivity index (χ4n) is 3.93. The number of carbonyl (C=O) groups is 2. The van der Waals surface area contributed by atoms with Gasteiger partial charge in [-0.25, -0.2) is 0 Å². The number of carbonyl (C=O) groups excluding carboxylic acids is 2. The van der Waals surface area contributed by atoms with Gasteiger partial charge in [-0.05, 0) is 41.0 Å². The molecule has 1 saturated heterocycles. The molecule has 0 saturated carbocycles. The molecule has 1 amide bonds. The van der Waals surface area contributed by atoms with Crippen molar-refractivity contribution in [2.24, 2.45) is 0 Å². The monoisotopic (exact) mass is 401 g/mol. The third kappa shape index (κ3) is 3.43. The van der Waals surface area contributed by atoms with Gasteiger partial charge in [-0.2, -0.15) is 0 Å². The van der Waals surface area contributed by atoms with E-state index in [9.17, 15) is 19.8 Å². The Balaban J connectivity index is 1.87. The highest BCUT2D eigenvalue weighted by atomic mass is 16.3. The maximum Gasteiger partial charge on any atom is 0.295 e. The zero-order valence-corrected chi connectivity index (χ0v) is 16.7. The van der Waals surface area contributed by atoms with Crippen LogP contribution in [-0.4, -0.2) is 33.3 Å². The largest absolute Gasteiger partial charge is 0.508 e. The molecule has 1 heterocycles. The standard InChI is InChI=1S/C25H23NO4/c1-2-3-14-26-22(17-10-12-20(27)13-11-17)21(24(29)25(26)30)23(28)19-9-8-16-6-4-5-7-18(16)15-19/h4-13,15,22,27-28H,2-3,14H2,1H3/b23-21-. The van der Waals surface area contributed by atoms with E-state index in [0.29, 0.717) is 17.7 Å². The molecule has 4 rings (SSSR count). The molecule has 30 heavy (non-hydrogen) atoms. The van der Waals surface area contributed by atoms with Gasteiger partial charge in [0.15, 0.2) is 0 Å². The summed E-state index contributed by atoms with van der Waals surface area (Å²) in [6.07, 6.45) is 1.62. The molecule has 5 nitrogen and oxygen atoms in total. The molecule has 3 aromatic rings. The molecule has 0 aliphatic carbocycles. The van der Waals surface area contributed by atoms with Crippen LogP contribution in [0.4, 0.5) is 0 Å². The number of amides is 1. The Labute approximate surface area is 174 Å². The lowest BCUT2D eigenvalue weighted by molar-refractivity contribution is -0.139. The Morgan fingerprint density at radius 2 is 1.67 bits per heavy atom. The lowest BCUT2D eigenvalue weighted by atomic mass is 9.94. The second-order valence-corrected chi connectivity index (χ2v) is 7.50. The average molecular weight is 401 g/mol. The molecular weight excluding hydrogens is 378 g/mol. The highest BCUT2D eigenvalue weighted by molar-refractivity contribution is 6.46. The summed E-state index contributed by atoms with van der Waals surface area (Å²) < 4.78 is 0. The van der Waals surface area contributed by atoms with E-state index in [4.69, 9.17) is 0 Å². The van der Waals surface area contributed by atoms with Crippen molar-refractivity contribution in [3.8, 4) is 5.75 Å². The summed E-state index contributed by atoms with van der Waals surface area (Å²) in [7, 11) is 0. The number of aliphatic hydroxyl groups excluding tert-OH is 1. The molecule has 0 aromatic heterocycles. The van der Waals surface area contributed by atoms with Crippen LogP contribution in [-0.2, 0) is 9.59 Å². The third-order valence-electron chi connectivity index (χ3n) is 5.52. The molecule has 1 aliphatic rings. The number of phenolic OH excluding ortho intramolecular Hbond substituents is 1. The van der Waals surface area contributed by atoms with Crippen LogP contribution in [0.2, 0.25) is 0 Å². The summed E-state index contributed by atoms with van der Waals surface area (Å²) in [5.74, 6) is -1.38. The van der Waals surface area contributed by atoms with E-state index in [1.54, 1.807) is 18.2 Å². The van der Waals surface area contributed by atoms with E-state index in [0.717, 1.165) is 23.6 Å². The zero-order chi connectivity index (χ0) is 21.3. The number of unbranched alkanes of at least 4 members (excludes halogenated alkanes) is 1. The molecule has 3 aromatic carbocycles. The SMILES string of the molecule is CCCCN1C(=O)C(=O)/C(=C(\O)c2ccc3ccccc3c2)C1c1ccc(O)cc1. The quantitative estimate of drug-likeness (QED) is 0.367. The fourth-order valence-corrected chi connectivity index (χ4v) is 3.93. The van der Waals surface area contributed by atoms with Gasteiger partial charge in [-0.1, -0.05) is 61.9 Å². The lowest BCUT2D eigenvalue weighted by Crippen LogP contribution is -2.30. The van der Waals surface area contributed by atoms with Gasteiger partial charge in [0, 0.05) is 12.1 Å². The Hall–Kier alpha value is -3.60. The van der Waals surface area contributed by atoms with E-state index in [-0.39, 0.29) is 17.1 Å². The predicted molar refractivity (Wildman–Crippen MR) is 116 cm³/mol. The van der Waals surface area contributed by atoms with Gasteiger partial charge < -0.3 is 15.1 Å². The number of rotatable bonds is 5. The van der Waals surface area contributed by atoms with Gasteiger partial charge in [-0.3, -0.25) is 9.59 Å². The van der Waals surface area contributed by atoms with Crippen molar-refractivity contribution in [3.63, 3.8) is 0 Å². The summed E-state index contributed by atoms with van der Waals surface area (Å²) in [5.41, 5.74) is 1.24. The predicted octanol–water partition coefficient (Wildman–Crippen LogP) is 4.77. The van der Waals surface area contributed by atoms with E-state index >= 15 is 0 Å². The first-order valence-electron chi connectivity index (χ1n) is 10.1. The average Bonchev–Trinajstić information content (AvgIpc) is 3.02. The van der Waals surface area contributed by atoms with Crippen molar-refractivity contribution in [1.82, 2.24) is 4.90 Å². The fraction of sp³-hybridized carbons (Fsp3) is 0.200. The maximum atomic E-state index is 12.9. The van der Waals surface area contributed by atoms with Crippen LogP contribution in [0.3, 0.4) is 0 Å². The summed E-state index contributed by atoms with van der Waals surface area (Å²) >= 11 is 0. The zero-order valence-electron chi connectivity index (χ0n) is 16.7. The first-order valence-corrected chi connectivity index (χ1v) is 10.1. The van der Waals surface area contributed by atoms with Gasteiger partial charge in [0.2, 0.25) is 0 Å². The molecule has 1 fully saturated rings. The van der Waals surface area contributed by atoms with Crippen molar-refractivity contribution < 1.29 is 19.8 Å². The first-order chi connectivity index (χ1) is 14.5. The second-order valence-electron chi connectivity index (χ2n) is 7.50. The van der Waals surface area contributed by atoms with Crippen LogP contribution in [0, 0.1) is 0 Å². The molecule has 1 atom stereocenters. The molecule has 2 N–H and O–H groups in total. The number of ketones is 1. The van der Waals surface area contributed by atoms with Crippen molar-refractivity contribution in [2.45, 2.75) is 25.8 Å². The summed E-state index contributed by atoms with van der Waals surface area (Å²) in [6.45, 7) is 2.43. The minimum absolute atomic E-state index is 0.0806. The van der Waals surface area contributed by atoms with Crippen LogP contribution in [0.5, 0.6) is 5.75 Å². The second kappa shape index (κ2) is 8.03. The molecule has 1 unspecified atom stereocenters. The lowest BCUT2D eigenvalue weighted by Gasteiger charge is -2.25. The number of likely N-dealkylation sites (tertiary alicyclic amines) is 1. The minimum atomic E-state index is -0.691. The van der Waals surface area contributed by atoms with Gasteiger partial charge >= 0.3 is 0 Å². The molecule has 0 radical (unpaired) electrons. The van der Waals surface area contributed by atoms with Crippen LogP contribution in [0.15, 0.2) is 72.3 Å². The molecular formula is C25H23NO4. The Morgan fingerprint density at radius 1 is 0.967 bits per heavy atom. The first kappa shape index (κ1) is 19.7. The Morgan fingerprint density at radius 3 is 2.37 bits per heavy atom. The van der Waals surface area contributed by atoms with Crippen molar-refractivity contribution in [3.05, 3.63) is 83.4 Å². The molecule has 1 aliphatic heterocycles. The summed E-state index contributed by atoms with van der Waals surface area (Å²) in [5, 5.41) is 22.7. The highest BCUT2D eigenvalue weighted by Gasteiger charge is 2.45. The van der Waals surface area contributed by atoms with E-state index in [1.807, 2.05) is 43.3 Å². The van der Waals surface area contributed by atoms with Crippen LogP contribution >= 0.6 is 0 Å². The van der Waals surface area contributed by atoms with Crippen LogP contribution in [0.1, 0.15) is 36.9 Å². The molecule has 152 valence electrons. The van der Waals surface area contributed by atoms with E-state index in [2.05, 4.69) is 0 Å². The number of benzene rings is 3. The topological polar surface area (TPSA) is 77.8 Å². The summed E-state index contributed by atoms with van der Waals surface area (Å²) in [4.78, 5) is 27.3. The normalized spacial score (nSPS) is 18.3. The molecule has 0 spiro atoms. The molecule has 5 heteroatoms. The Bertz CT molecular complexity index is 1150. The highest BCUT2D eigenvalue weighted by Crippen LogP contribution is 2.40. The van der Waals surface area contributed by atoms with Crippen LogP contribution < -0.4 is 0 Å². The Kier molecular flexibility index (Phi) is 5.27. The van der Waals surface area contributed by atoms with Gasteiger partial charge in [0.25, 0.3) is 11.7 Å². The van der Waals surface area contributed by atoms with Crippen LogP contribution in [0.25, 0.3) is 16.5 Å². The number of nitrogens with zero attached hydrogens (tertiary/aromatic N) is 1. The minimum Gasteiger partial charge on any atom is -0.508 e. The van der Waals surface area contributed by atoms with Crippen molar-refractivity contribution in [2.75, 3.05) is 6.54 Å². The van der Waals surface area contributed by atoms with Gasteiger partial charge in [0.05, 0.1) is 11.6 Å². The van der Waals surface area contributed by atoms with E-state index in [1.165, 1.54) is 17.0 Å². The van der Waals surface area contributed by atoms with Crippen molar-refractivity contribution in [1.29, 1.82) is 0 Å². The molecule has 0 bridgehead atoms. The smallest absolute Gasteiger partial charge is 0.295 e. The number of phenols is 1. The van der Waals surface area contributed by atoms with Gasteiger partial charge in [0.1, 0.15) is 11.5 Å². The number of hydrogen-bond donors (Lipinski definition) is 2. The third-order valence-corrected chi connectivity index (χ3v) is 5.52. The number of fused-ring (bicyclic) bond motifs is 1. The number of Topliss-reactive ketones (excluding diaryl/α,β-unsaturated/α-hetero) is 1. The van der Waals surface area contributed by atoms with Crippen molar-refractivity contribution >= 4 is 28.2 Å². The summed E-state index contributed by atoms with van der Waals surface area (Å²) in [6, 6.07) is 18.9.